The van der Waals surface area contributed by atoms with Crippen LogP contribution < -0.4 is 10.2 Å². The van der Waals surface area contributed by atoms with Crippen LogP contribution in [0.15, 0.2) is 60.7 Å². The molecule has 0 aliphatic rings. The molecule has 0 amide bonds. The molecule has 2 aromatic rings. The highest BCUT2D eigenvalue weighted by Crippen LogP contribution is 2.15. The zero-order valence-electron chi connectivity index (χ0n) is 9.78. The number of benzene rings is 2. The van der Waals surface area contributed by atoms with Crippen molar-refractivity contribution in [3.8, 4) is 0 Å². The molecule has 18 heavy (non-hydrogen) atoms. The lowest BCUT2D eigenvalue weighted by Gasteiger charge is -2.23. The minimum atomic E-state index is -0.164. The van der Waals surface area contributed by atoms with Gasteiger partial charge in [-0.05, 0) is 36.5 Å². The van der Waals surface area contributed by atoms with Gasteiger partial charge in [-0.25, -0.2) is 0 Å². The summed E-state index contributed by atoms with van der Waals surface area (Å²) in [5, 5.41) is 13.0. The van der Waals surface area contributed by atoms with E-state index in [2.05, 4.69) is 5.32 Å². The molecule has 0 aliphatic carbocycles. The lowest BCUT2D eigenvalue weighted by molar-refractivity contribution is 0.308. The number of thiocarbonyl (C=S) groups is 1. The molecule has 3 nitrogen and oxygen atoms in total. The van der Waals surface area contributed by atoms with Crippen LogP contribution in [-0.2, 0) is 0 Å². The quantitative estimate of drug-likeness (QED) is 0.655. The molecule has 0 fully saturated rings. The molecule has 0 unspecified atom stereocenters. The number of nitrogens with one attached hydrogen (secondary N) is 1. The largest absolute Gasteiger partial charge is 0.376 e. The third kappa shape index (κ3) is 3.06. The van der Waals surface area contributed by atoms with E-state index < -0.39 is 0 Å². The van der Waals surface area contributed by atoms with Gasteiger partial charge in [0.15, 0.2) is 5.11 Å². The van der Waals surface area contributed by atoms with Crippen LogP contribution in [-0.4, -0.2) is 16.9 Å². The lowest BCUT2D eigenvalue weighted by Crippen LogP contribution is -2.35. The van der Waals surface area contributed by atoms with Gasteiger partial charge >= 0.3 is 0 Å². The molecule has 0 saturated heterocycles. The highest BCUT2D eigenvalue weighted by atomic mass is 32.1. The molecule has 2 aromatic carbocycles. The summed E-state index contributed by atoms with van der Waals surface area (Å²) in [5.74, 6) is 0. The van der Waals surface area contributed by atoms with Gasteiger partial charge in [-0.15, -0.1) is 0 Å². The molecule has 4 heteroatoms. The molecule has 0 aromatic heterocycles. The summed E-state index contributed by atoms with van der Waals surface area (Å²) in [6, 6.07) is 19.2. The average Bonchev–Trinajstić information content (AvgIpc) is 2.42. The summed E-state index contributed by atoms with van der Waals surface area (Å²) in [6.45, 7) is -0.164. The minimum Gasteiger partial charge on any atom is -0.376 e. The summed E-state index contributed by atoms with van der Waals surface area (Å²) in [4.78, 5) is 1.63. The van der Waals surface area contributed by atoms with Crippen molar-refractivity contribution in [2.75, 3.05) is 16.9 Å². The van der Waals surface area contributed by atoms with Crippen molar-refractivity contribution in [1.29, 1.82) is 0 Å². The number of rotatable bonds is 3. The van der Waals surface area contributed by atoms with E-state index in [0.29, 0.717) is 5.11 Å². The fourth-order valence-corrected chi connectivity index (χ4v) is 1.86. The number of nitrogens with zero attached hydrogens (tertiary/aromatic N) is 1. The minimum absolute atomic E-state index is 0.164. The van der Waals surface area contributed by atoms with Gasteiger partial charge in [0.1, 0.15) is 6.73 Å². The van der Waals surface area contributed by atoms with Gasteiger partial charge in [0.05, 0.1) is 0 Å². The summed E-state index contributed by atoms with van der Waals surface area (Å²) in [6.07, 6.45) is 0. The molecular weight excluding hydrogens is 244 g/mol. The van der Waals surface area contributed by atoms with Crippen molar-refractivity contribution < 1.29 is 5.11 Å². The maximum absolute atomic E-state index is 9.43. The molecule has 0 aliphatic heterocycles. The van der Waals surface area contributed by atoms with E-state index in [0.717, 1.165) is 11.4 Å². The van der Waals surface area contributed by atoms with Crippen LogP contribution in [0.4, 0.5) is 11.4 Å². The zero-order chi connectivity index (χ0) is 12.8. The lowest BCUT2D eigenvalue weighted by atomic mass is 10.3. The van der Waals surface area contributed by atoms with Crippen molar-refractivity contribution in [1.82, 2.24) is 0 Å². The van der Waals surface area contributed by atoms with E-state index in [1.165, 1.54) is 0 Å². The third-order valence-corrected chi connectivity index (χ3v) is 2.80. The predicted molar refractivity (Wildman–Crippen MR) is 78.7 cm³/mol. The normalized spacial score (nSPS) is 9.83. The summed E-state index contributed by atoms with van der Waals surface area (Å²) in [7, 11) is 0. The van der Waals surface area contributed by atoms with E-state index >= 15 is 0 Å². The first-order valence-corrected chi connectivity index (χ1v) is 6.01. The Hall–Kier alpha value is -1.91. The van der Waals surface area contributed by atoms with Crippen molar-refractivity contribution >= 4 is 28.7 Å². The van der Waals surface area contributed by atoms with Gasteiger partial charge in [-0.1, -0.05) is 36.4 Å². The van der Waals surface area contributed by atoms with Crippen LogP contribution in [0.5, 0.6) is 0 Å². The summed E-state index contributed by atoms with van der Waals surface area (Å²) < 4.78 is 0. The Kier molecular flexibility index (Phi) is 4.28. The Balaban J connectivity index is 2.12. The molecule has 2 rings (SSSR count). The van der Waals surface area contributed by atoms with Crippen LogP contribution in [0.1, 0.15) is 0 Å². The van der Waals surface area contributed by atoms with Gasteiger partial charge in [0, 0.05) is 11.4 Å². The second kappa shape index (κ2) is 6.14. The van der Waals surface area contributed by atoms with Gasteiger partial charge in [-0.2, -0.15) is 0 Å². The Bertz CT molecular complexity index is 502. The first kappa shape index (κ1) is 12.5. The van der Waals surface area contributed by atoms with Crippen molar-refractivity contribution in [3.05, 3.63) is 60.7 Å². The Morgan fingerprint density at radius 1 is 1.00 bits per heavy atom. The Labute approximate surface area is 112 Å². The maximum atomic E-state index is 9.43. The second-order valence-electron chi connectivity index (χ2n) is 3.70. The van der Waals surface area contributed by atoms with Crippen LogP contribution >= 0.6 is 12.2 Å². The first-order valence-electron chi connectivity index (χ1n) is 5.61. The molecular formula is C14H14N2OS. The molecule has 0 bridgehead atoms. The topological polar surface area (TPSA) is 35.5 Å². The van der Waals surface area contributed by atoms with Crippen LogP contribution in [0.3, 0.4) is 0 Å². The highest BCUT2D eigenvalue weighted by Gasteiger charge is 2.10. The summed E-state index contributed by atoms with van der Waals surface area (Å²) in [5.41, 5.74) is 1.75. The molecule has 0 radical (unpaired) electrons. The predicted octanol–water partition coefficient (Wildman–Crippen LogP) is 2.84. The number of anilines is 2. The second-order valence-corrected chi connectivity index (χ2v) is 4.09. The Morgan fingerprint density at radius 3 is 2.11 bits per heavy atom. The maximum Gasteiger partial charge on any atom is 0.179 e. The molecule has 0 atom stereocenters. The summed E-state index contributed by atoms with van der Waals surface area (Å²) >= 11 is 5.29. The van der Waals surface area contributed by atoms with E-state index in [9.17, 15) is 5.11 Å². The smallest absolute Gasteiger partial charge is 0.179 e. The zero-order valence-corrected chi connectivity index (χ0v) is 10.6. The van der Waals surface area contributed by atoms with Gasteiger partial charge in [0.2, 0.25) is 0 Å². The first-order chi connectivity index (χ1) is 8.81. The van der Waals surface area contributed by atoms with Crippen LogP contribution in [0, 0.1) is 0 Å². The van der Waals surface area contributed by atoms with Crippen molar-refractivity contribution in [2.24, 2.45) is 0 Å². The fourth-order valence-electron chi connectivity index (χ4n) is 1.58. The number of hydrogen-bond donors (Lipinski definition) is 2. The van der Waals surface area contributed by atoms with E-state index in [4.69, 9.17) is 12.2 Å². The van der Waals surface area contributed by atoms with E-state index in [-0.39, 0.29) is 6.73 Å². The average molecular weight is 258 g/mol. The van der Waals surface area contributed by atoms with Gasteiger partial charge < -0.3 is 10.4 Å². The standard InChI is InChI=1S/C14H14N2OS/c17-11-16(13-9-5-2-6-10-13)14(18)15-12-7-3-1-4-8-12/h1-10,17H,11H2,(H,15,18). The van der Waals surface area contributed by atoms with E-state index in [1.807, 2.05) is 60.7 Å². The molecule has 0 saturated carbocycles. The number of hydrogen-bond acceptors (Lipinski definition) is 2. The van der Waals surface area contributed by atoms with Crippen molar-refractivity contribution in [2.45, 2.75) is 0 Å². The van der Waals surface area contributed by atoms with Crippen molar-refractivity contribution in [3.63, 3.8) is 0 Å². The van der Waals surface area contributed by atoms with E-state index in [1.54, 1.807) is 4.90 Å². The SMILES string of the molecule is OCN(C(=S)Nc1ccccc1)c1ccccc1. The Morgan fingerprint density at radius 2 is 1.56 bits per heavy atom. The highest BCUT2D eigenvalue weighted by molar-refractivity contribution is 7.80. The fraction of sp³-hybridized carbons (Fsp3) is 0.0714. The molecule has 92 valence electrons. The van der Waals surface area contributed by atoms with Gasteiger partial charge in [0.25, 0.3) is 0 Å². The van der Waals surface area contributed by atoms with Gasteiger partial charge in [-0.3, -0.25) is 4.90 Å². The molecule has 2 N–H and O–H groups in total. The third-order valence-electron chi connectivity index (χ3n) is 2.48. The van der Waals surface area contributed by atoms with Crippen LogP contribution in [0.25, 0.3) is 0 Å². The molecule has 0 spiro atoms. The number of aliphatic hydroxyl groups is 1. The number of para-hydroxylation sites is 2. The molecule has 0 heterocycles. The number of aliphatic hydroxyl groups excluding tert-OH is 1. The monoisotopic (exact) mass is 258 g/mol. The van der Waals surface area contributed by atoms with Crippen LogP contribution in [0.2, 0.25) is 0 Å².